The molecular formula is C8H10N2. The van der Waals surface area contributed by atoms with Crippen molar-refractivity contribution in [2.45, 2.75) is 25.7 Å². The highest BCUT2D eigenvalue weighted by Gasteiger charge is 2.20. The molecule has 0 heterocycles. The van der Waals surface area contributed by atoms with Crippen molar-refractivity contribution in [3.63, 3.8) is 0 Å². The summed E-state index contributed by atoms with van der Waals surface area (Å²) in [5.74, 6) is 0.303. The average molecular weight is 134 g/mol. The van der Waals surface area contributed by atoms with Crippen molar-refractivity contribution in [2.75, 3.05) is 0 Å². The SMILES string of the molecule is N#CC1CCCC(C#N)C1. The Kier molecular flexibility index (Phi) is 2.29. The van der Waals surface area contributed by atoms with Gasteiger partial charge in [0.15, 0.2) is 0 Å². The van der Waals surface area contributed by atoms with Crippen LogP contribution in [0.5, 0.6) is 0 Å². The summed E-state index contributed by atoms with van der Waals surface area (Å²) in [6.07, 6.45) is 3.84. The summed E-state index contributed by atoms with van der Waals surface area (Å²) in [5, 5.41) is 17.1. The lowest BCUT2D eigenvalue weighted by Crippen LogP contribution is -2.12. The zero-order valence-corrected chi connectivity index (χ0v) is 5.88. The normalized spacial score (nSPS) is 32.2. The molecule has 2 unspecified atom stereocenters. The second kappa shape index (κ2) is 3.22. The van der Waals surface area contributed by atoms with Crippen LogP contribution in [0, 0.1) is 34.5 Å². The van der Waals surface area contributed by atoms with Crippen LogP contribution in [0.1, 0.15) is 25.7 Å². The molecule has 0 aromatic carbocycles. The van der Waals surface area contributed by atoms with Crippen molar-refractivity contribution in [3.05, 3.63) is 0 Å². The zero-order chi connectivity index (χ0) is 7.40. The average Bonchev–Trinajstić information content (AvgIpc) is 2.05. The summed E-state index contributed by atoms with van der Waals surface area (Å²) in [6, 6.07) is 4.43. The zero-order valence-electron chi connectivity index (χ0n) is 5.88. The smallest absolute Gasteiger partial charge is 0.0656 e. The molecule has 0 aromatic rings. The molecule has 0 radical (unpaired) electrons. The van der Waals surface area contributed by atoms with Gasteiger partial charge in [0.25, 0.3) is 0 Å². The summed E-state index contributed by atoms with van der Waals surface area (Å²) < 4.78 is 0. The topological polar surface area (TPSA) is 47.6 Å². The second-order valence-electron chi connectivity index (χ2n) is 2.82. The van der Waals surface area contributed by atoms with Crippen molar-refractivity contribution < 1.29 is 0 Å². The molecule has 0 saturated heterocycles. The molecule has 0 bridgehead atoms. The van der Waals surface area contributed by atoms with E-state index >= 15 is 0 Å². The van der Waals surface area contributed by atoms with Crippen molar-refractivity contribution in [2.24, 2.45) is 11.8 Å². The molecule has 1 aliphatic carbocycles. The molecule has 1 fully saturated rings. The van der Waals surface area contributed by atoms with Gasteiger partial charge < -0.3 is 0 Å². The van der Waals surface area contributed by atoms with Gasteiger partial charge in [0.2, 0.25) is 0 Å². The van der Waals surface area contributed by atoms with Crippen molar-refractivity contribution in [3.8, 4) is 12.1 Å². The highest BCUT2D eigenvalue weighted by molar-refractivity contribution is 4.94. The van der Waals surface area contributed by atoms with Gasteiger partial charge in [0.1, 0.15) is 0 Å². The minimum atomic E-state index is 0.151. The van der Waals surface area contributed by atoms with E-state index in [-0.39, 0.29) is 11.8 Å². The summed E-state index contributed by atoms with van der Waals surface area (Å²) in [5.41, 5.74) is 0. The Balaban J connectivity index is 2.43. The molecule has 0 amide bonds. The van der Waals surface area contributed by atoms with E-state index in [2.05, 4.69) is 12.1 Å². The van der Waals surface area contributed by atoms with Gasteiger partial charge in [0.05, 0.1) is 12.1 Å². The Morgan fingerprint density at radius 3 is 1.90 bits per heavy atom. The van der Waals surface area contributed by atoms with Crippen LogP contribution in [0.15, 0.2) is 0 Å². The molecule has 1 saturated carbocycles. The number of rotatable bonds is 0. The highest BCUT2D eigenvalue weighted by Crippen LogP contribution is 2.27. The lowest BCUT2D eigenvalue weighted by Gasteiger charge is -2.18. The Hall–Kier alpha value is -1.02. The number of nitriles is 2. The summed E-state index contributed by atoms with van der Waals surface area (Å²) in [4.78, 5) is 0. The fraction of sp³-hybridized carbons (Fsp3) is 0.750. The van der Waals surface area contributed by atoms with Gasteiger partial charge in [0, 0.05) is 11.8 Å². The number of nitrogens with zero attached hydrogens (tertiary/aromatic N) is 2. The minimum absolute atomic E-state index is 0.151. The molecule has 2 atom stereocenters. The lowest BCUT2D eigenvalue weighted by molar-refractivity contribution is 0.365. The van der Waals surface area contributed by atoms with E-state index in [4.69, 9.17) is 10.5 Å². The lowest BCUT2D eigenvalue weighted by atomic mass is 9.83. The minimum Gasteiger partial charge on any atom is -0.198 e. The first-order chi connectivity index (χ1) is 4.86. The molecule has 52 valence electrons. The number of hydrogen-bond acceptors (Lipinski definition) is 2. The molecule has 1 aliphatic rings. The molecule has 2 heteroatoms. The Morgan fingerprint density at radius 1 is 1.00 bits per heavy atom. The van der Waals surface area contributed by atoms with Crippen LogP contribution in [0.4, 0.5) is 0 Å². The van der Waals surface area contributed by atoms with Gasteiger partial charge in [-0.1, -0.05) is 6.42 Å². The largest absolute Gasteiger partial charge is 0.198 e. The molecule has 10 heavy (non-hydrogen) atoms. The van der Waals surface area contributed by atoms with Crippen LogP contribution >= 0.6 is 0 Å². The second-order valence-corrected chi connectivity index (χ2v) is 2.82. The molecule has 2 nitrogen and oxygen atoms in total. The van der Waals surface area contributed by atoms with Gasteiger partial charge in [-0.25, -0.2) is 0 Å². The fourth-order valence-corrected chi connectivity index (χ4v) is 1.42. The maximum absolute atomic E-state index is 8.54. The highest BCUT2D eigenvalue weighted by atomic mass is 14.3. The van der Waals surface area contributed by atoms with Crippen LogP contribution in [0.3, 0.4) is 0 Å². The monoisotopic (exact) mass is 134 g/mol. The third kappa shape index (κ3) is 1.48. The van der Waals surface area contributed by atoms with E-state index in [1.54, 1.807) is 0 Å². The van der Waals surface area contributed by atoms with E-state index in [9.17, 15) is 0 Å². The van der Waals surface area contributed by atoms with Gasteiger partial charge in [-0.15, -0.1) is 0 Å². The summed E-state index contributed by atoms with van der Waals surface area (Å²) >= 11 is 0. The third-order valence-electron chi connectivity index (χ3n) is 2.04. The van der Waals surface area contributed by atoms with Crippen molar-refractivity contribution in [1.29, 1.82) is 10.5 Å². The van der Waals surface area contributed by atoms with E-state index < -0.39 is 0 Å². The maximum Gasteiger partial charge on any atom is 0.0656 e. The first-order valence-electron chi connectivity index (χ1n) is 3.66. The van der Waals surface area contributed by atoms with Crippen LogP contribution in [-0.2, 0) is 0 Å². The van der Waals surface area contributed by atoms with Crippen molar-refractivity contribution >= 4 is 0 Å². The van der Waals surface area contributed by atoms with E-state index in [0.29, 0.717) is 0 Å². The standard InChI is InChI=1S/C8H10N2/c9-5-7-2-1-3-8(4-7)6-10/h7-8H,1-4H2. The van der Waals surface area contributed by atoms with Crippen LogP contribution in [-0.4, -0.2) is 0 Å². The van der Waals surface area contributed by atoms with Gasteiger partial charge in [-0.3, -0.25) is 0 Å². The van der Waals surface area contributed by atoms with E-state index in [0.717, 1.165) is 25.7 Å². The van der Waals surface area contributed by atoms with Gasteiger partial charge in [-0.2, -0.15) is 10.5 Å². The third-order valence-corrected chi connectivity index (χ3v) is 2.04. The first kappa shape index (κ1) is 7.09. The van der Waals surface area contributed by atoms with Gasteiger partial charge in [-0.05, 0) is 19.3 Å². The maximum atomic E-state index is 8.54. The van der Waals surface area contributed by atoms with Crippen LogP contribution in [0.25, 0.3) is 0 Å². The molecule has 0 spiro atoms. The molecule has 0 N–H and O–H groups in total. The molecule has 0 aromatic heterocycles. The summed E-state index contributed by atoms with van der Waals surface area (Å²) in [7, 11) is 0. The Morgan fingerprint density at radius 2 is 1.50 bits per heavy atom. The Bertz CT molecular complexity index is 164. The van der Waals surface area contributed by atoms with Gasteiger partial charge >= 0.3 is 0 Å². The number of hydrogen-bond donors (Lipinski definition) is 0. The van der Waals surface area contributed by atoms with E-state index in [1.165, 1.54) is 0 Å². The van der Waals surface area contributed by atoms with Crippen LogP contribution < -0.4 is 0 Å². The molecule has 1 rings (SSSR count). The molecule has 0 aliphatic heterocycles. The van der Waals surface area contributed by atoms with E-state index in [1.807, 2.05) is 0 Å². The summed E-state index contributed by atoms with van der Waals surface area (Å²) in [6.45, 7) is 0. The molecular weight excluding hydrogens is 124 g/mol. The fourth-order valence-electron chi connectivity index (χ4n) is 1.42. The Labute approximate surface area is 61.1 Å². The first-order valence-corrected chi connectivity index (χ1v) is 3.66. The predicted octanol–water partition coefficient (Wildman–Crippen LogP) is 1.84. The van der Waals surface area contributed by atoms with Crippen molar-refractivity contribution in [1.82, 2.24) is 0 Å². The predicted molar refractivity (Wildman–Crippen MR) is 36.7 cm³/mol. The quantitative estimate of drug-likeness (QED) is 0.507. The van der Waals surface area contributed by atoms with Crippen LogP contribution in [0.2, 0.25) is 0 Å².